The predicted octanol–water partition coefficient (Wildman–Crippen LogP) is 3.24. The molecule has 0 bridgehead atoms. The lowest BCUT2D eigenvalue weighted by Crippen LogP contribution is -2.36. The lowest BCUT2D eigenvalue weighted by Gasteiger charge is -2.34. The van der Waals surface area contributed by atoms with E-state index in [0.717, 1.165) is 43.0 Å². The molecule has 4 rings (SSSR count). The van der Waals surface area contributed by atoms with E-state index in [1.54, 1.807) is 24.7 Å². The molecule has 3 aromatic rings. The van der Waals surface area contributed by atoms with Crippen LogP contribution < -0.4 is 10.2 Å². The maximum Gasteiger partial charge on any atom is 0.159 e. The van der Waals surface area contributed by atoms with Crippen molar-refractivity contribution in [3.8, 4) is 5.82 Å². The molecule has 29 heavy (non-hydrogen) atoms. The number of imidazole rings is 1. The Bertz CT molecular complexity index is 983. The third-order valence-corrected chi connectivity index (χ3v) is 5.32. The number of anilines is 2. The number of aliphatic hydroxyl groups is 1. The Labute approximate surface area is 169 Å². The van der Waals surface area contributed by atoms with Crippen LogP contribution in [0, 0.1) is 12.7 Å². The first-order valence-corrected chi connectivity index (χ1v) is 9.82. The van der Waals surface area contributed by atoms with Crippen LogP contribution in [-0.4, -0.2) is 43.8 Å². The molecule has 0 saturated carbocycles. The van der Waals surface area contributed by atoms with Gasteiger partial charge in [0.05, 0.1) is 24.5 Å². The summed E-state index contributed by atoms with van der Waals surface area (Å²) in [5.41, 5.74) is 1.83. The fourth-order valence-electron chi connectivity index (χ4n) is 3.73. The minimum atomic E-state index is -0.275. The van der Waals surface area contributed by atoms with Crippen molar-refractivity contribution >= 4 is 11.5 Å². The zero-order valence-electron chi connectivity index (χ0n) is 16.6. The number of benzene rings is 1. The molecule has 2 aromatic heterocycles. The number of nitrogens with one attached hydrogen (secondary N) is 1. The molecule has 7 nitrogen and oxygen atoms in total. The van der Waals surface area contributed by atoms with Crippen LogP contribution in [0.1, 0.15) is 37.2 Å². The number of halogens is 1. The standard InChI is InChI=1S/C21H25FN6O/c1-14(25-20-12-23-13-21(26-20)28-10-7-24-15(28)2)18-11-16(22)3-4-19(18)27-8-5-17(29)6-9-27/h3-4,7,10-14,17,29H,5-6,8-9H2,1-2H3,(H,25,26). The maximum absolute atomic E-state index is 14.0. The van der Waals surface area contributed by atoms with Gasteiger partial charge in [-0.25, -0.2) is 14.4 Å². The lowest BCUT2D eigenvalue weighted by atomic mass is 10.0. The van der Waals surface area contributed by atoms with Crippen molar-refractivity contribution in [3.63, 3.8) is 0 Å². The number of nitrogens with zero attached hydrogens (tertiary/aromatic N) is 5. The van der Waals surface area contributed by atoms with E-state index >= 15 is 0 Å². The predicted molar refractivity (Wildman–Crippen MR) is 110 cm³/mol. The normalized spacial score (nSPS) is 16.1. The lowest BCUT2D eigenvalue weighted by molar-refractivity contribution is 0.145. The highest BCUT2D eigenvalue weighted by Crippen LogP contribution is 2.31. The van der Waals surface area contributed by atoms with E-state index < -0.39 is 0 Å². The first-order valence-electron chi connectivity index (χ1n) is 9.82. The summed E-state index contributed by atoms with van der Waals surface area (Å²) in [7, 11) is 0. The van der Waals surface area contributed by atoms with Crippen LogP contribution in [0.15, 0.2) is 43.0 Å². The van der Waals surface area contributed by atoms with Gasteiger partial charge in [0.2, 0.25) is 0 Å². The average Bonchev–Trinajstić information content (AvgIpc) is 3.15. The number of hydrogen-bond acceptors (Lipinski definition) is 6. The van der Waals surface area contributed by atoms with E-state index in [1.807, 2.05) is 30.7 Å². The highest BCUT2D eigenvalue weighted by atomic mass is 19.1. The molecule has 1 aromatic carbocycles. The molecule has 2 N–H and O–H groups in total. The highest BCUT2D eigenvalue weighted by Gasteiger charge is 2.22. The van der Waals surface area contributed by atoms with Crippen molar-refractivity contribution in [2.75, 3.05) is 23.3 Å². The molecular formula is C21H25FN6O. The van der Waals surface area contributed by atoms with Crippen LogP contribution in [0.5, 0.6) is 0 Å². The summed E-state index contributed by atoms with van der Waals surface area (Å²) in [6.45, 7) is 5.39. The zero-order valence-corrected chi connectivity index (χ0v) is 16.6. The smallest absolute Gasteiger partial charge is 0.159 e. The number of aromatic nitrogens is 4. The van der Waals surface area contributed by atoms with E-state index in [-0.39, 0.29) is 18.0 Å². The van der Waals surface area contributed by atoms with Crippen LogP contribution in [0.2, 0.25) is 0 Å². The van der Waals surface area contributed by atoms with Crippen LogP contribution in [0.25, 0.3) is 5.82 Å². The van der Waals surface area contributed by atoms with Crippen LogP contribution in [0.3, 0.4) is 0 Å². The molecule has 0 radical (unpaired) electrons. The minimum Gasteiger partial charge on any atom is -0.393 e. The molecule has 1 aliphatic heterocycles. The van der Waals surface area contributed by atoms with Gasteiger partial charge in [-0.05, 0) is 44.9 Å². The SMILES string of the molecule is Cc1nccn1-c1cncc(NC(C)c2cc(F)ccc2N2CCC(O)CC2)n1. The van der Waals surface area contributed by atoms with Gasteiger partial charge < -0.3 is 15.3 Å². The molecule has 3 heterocycles. The summed E-state index contributed by atoms with van der Waals surface area (Å²) in [5, 5.41) is 13.1. The maximum atomic E-state index is 14.0. The van der Waals surface area contributed by atoms with Crippen molar-refractivity contribution in [3.05, 3.63) is 60.2 Å². The second-order valence-electron chi connectivity index (χ2n) is 7.39. The molecule has 1 unspecified atom stereocenters. The van der Waals surface area contributed by atoms with Crippen molar-refractivity contribution < 1.29 is 9.50 Å². The van der Waals surface area contributed by atoms with Gasteiger partial charge in [0, 0.05) is 36.7 Å². The monoisotopic (exact) mass is 396 g/mol. The van der Waals surface area contributed by atoms with Crippen molar-refractivity contribution in [1.82, 2.24) is 19.5 Å². The van der Waals surface area contributed by atoms with Gasteiger partial charge in [-0.1, -0.05) is 0 Å². The summed E-state index contributed by atoms with van der Waals surface area (Å²) >= 11 is 0. The highest BCUT2D eigenvalue weighted by molar-refractivity contribution is 5.57. The third kappa shape index (κ3) is 4.22. The van der Waals surface area contributed by atoms with Crippen LogP contribution >= 0.6 is 0 Å². The zero-order chi connectivity index (χ0) is 20.4. The molecule has 0 spiro atoms. The van der Waals surface area contributed by atoms with Crippen molar-refractivity contribution in [2.45, 2.75) is 38.8 Å². The van der Waals surface area contributed by atoms with Gasteiger partial charge in [-0.3, -0.25) is 9.55 Å². The summed E-state index contributed by atoms with van der Waals surface area (Å²) < 4.78 is 15.9. The molecule has 1 aliphatic rings. The van der Waals surface area contributed by atoms with Gasteiger partial charge in [-0.2, -0.15) is 0 Å². The van der Waals surface area contributed by atoms with E-state index in [0.29, 0.717) is 11.6 Å². The largest absolute Gasteiger partial charge is 0.393 e. The Morgan fingerprint density at radius 1 is 1.24 bits per heavy atom. The summed E-state index contributed by atoms with van der Waals surface area (Å²) in [5.74, 6) is 1.82. The second-order valence-corrected chi connectivity index (χ2v) is 7.39. The van der Waals surface area contributed by atoms with Crippen molar-refractivity contribution in [1.29, 1.82) is 0 Å². The molecule has 152 valence electrons. The van der Waals surface area contributed by atoms with Gasteiger partial charge >= 0.3 is 0 Å². The summed E-state index contributed by atoms with van der Waals surface area (Å²) in [4.78, 5) is 15.3. The van der Waals surface area contributed by atoms with Gasteiger partial charge in [0.25, 0.3) is 0 Å². The number of aliphatic hydroxyl groups excluding tert-OH is 1. The Hall–Kier alpha value is -3.00. The number of aryl methyl sites for hydroxylation is 1. The van der Waals surface area contributed by atoms with Gasteiger partial charge in [-0.15, -0.1) is 0 Å². The van der Waals surface area contributed by atoms with Crippen LogP contribution in [-0.2, 0) is 0 Å². The van der Waals surface area contributed by atoms with E-state index in [2.05, 4.69) is 25.2 Å². The second kappa shape index (κ2) is 8.16. The minimum absolute atomic E-state index is 0.180. The average molecular weight is 396 g/mol. The molecular weight excluding hydrogens is 371 g/mol. The van der Waals surface area contributed by atoms with Gasteiger partial charge in [0.1, 0.15) is 17.5 Å². The molecule has 1 atom stereocenters. The third-order valence-electron chi connectivity index (χ3n) is 5.32. The molecule has 1 fully saturated rings. The Balaban J connectivity index is 1.58. The first-order chi connectivity index (χ1) is 14.0. The topological polar surface area (TPSA) is 79.1 Å². The fourth-order valence-corrected chi connectivity index (χ4v) is 3.73. The summed E-state index contributed by atoms with van der Waals surface area (Å²) in [6, 6.07) is 4.69. The number of rotatable bonds is 5. The fraction of sp³-hybridized carbons (Fsp3) is 0.381. The van der Waals surface area contributed by atoms with E-state index in [1.165, 1.54) is 6.07 Å². The number of piperidine rings is 1. The number of hydrogen-bond donors (Lipinski definition) is 2. The Morgan fingerprint density at radius 2 is 2.03 bits per heavy atom. The first kappa shape index (κ1) is 19.3. The Kier molecular flexibility index (Phi) is 5.44. The summed E-state index contributed by atoms with van der Waals surface area (Å²) in [6.07, 6.45) is 8.07. The van der Waals surface area contributed by atoms with E-state index in [9.17, 15) is 9.50 Å². The molecule has 0 amide bonds. The quantitative estimate of drug-likeness (QED) is 0.689. The van der Waals surface area contributed by atoms with Crippen LogP contribution in [0.4, 0.5) is 15.9 Å². The molecule has 0 aliphatic carbocycles. The molecule has 8 heteroatoms. The Morgan fingerprint density at radius 3 is 2.76 bits per heavy atom. The van der Waals surface area contributed by atoms with E-state index in [4.69, 9.17) is 0 Å². The molecule has 1 saturated heterocycles. The van der Waals surface area contributed by atoms with Crippen molar-refractivity contribution in [2.24, 2.45) is 0 Å². The van der Waals surface area contributed by atoms with Gasteiger partial charge in [0.15, 0.2) is 5.82 Å².